The summed E-state index contributed by atoms with van der Waals surface area (Å²) in [5.41, 5.74) is 6.56. The molecule has 2 aromatic carbocycles. The van der Waals surface area contributed by atoms with Crippen LogP contribution in [0.3, 0.4) is 0 Å². The first-order valence-corrected chi connectivity index (χ1v) is 10.7. The van der Waals surface area contributed by atoms with E-state index in [2.05, 4.69) is 10.6 Å². The Bertz CT molecular complexity index is 1040. The standard InChI is InChI=1S/C24H30BN3O4/c1-7-21(24(4,5)6)28(23(30)18-11-15(2)10-16(3)12-18)27-22(29)17-8-9-20-19(13-17)14-26-32-25(20)31/h8-14,21,31H,7H2,1-6H3,(H,27,29). The van der Waals surface area contributed by atoms with E-state index in [1.54, 1.807) is 18.2 Å². The highest BCUT2D eigenvalue weighted by Gasteiger charge is 2.34. The SMILES string of the molecule is CCC(N(NC(=O)c1ccc2c(c1)C=NOB2O)C(=O)c1cc(C)cc(C)c1)C(C)(C)C. The van der Waals surface area contributed by atoms with E-state index in [4.69, 9.17) is 4.76 Å². The van der Waals surface area contributed by atoms with E-state index < -0.39 is 13.0 Å². The van der Waals surface area contributed by atoms with Gasteiger partial charge in [0.15, 0.2) is 0 Å². The molecule has 2 N–H and O–H groups in total. The van der Waals surface area contributed by atoms with Crippen LogP contribution in [0, 0.1) is 19.3 Å². The zero-order valence-electron chi connectivity index (χ0n) is 19.5. The van der Waals surface area contributed by atoms with Crippen LogP contribution >= 0.6 is 0 Å². The van der Waals surface area contributed by atoms with Gasteiger partial charge in [0, 0.05) is 16.6 Å². The summed E-state index contributed by atoms with van der Waals surface area (Å²) in [6.07, 6.45) is 2.11. The molecule has 0 aliphatic carbocycles. The number of carbonyl (C=O) groups is 2. The molecule has 0 radical (unpaired) electrons. The lowest BCUT2D eigenvalue weighted by Crippen LogP contribution is -2.56. The Morgan fingerprint density at radius 1 is 1.12 bits per heavy atom. The maximum Gasteiger partial charge on any atom is 0.583 e. The lowest BCUT2D eigenvalue weighted by molar-refractivity contribution is 0.0285. The molecule has 1 atom stereocenters. The molecule has 1 unspecified atom stereocenters. The molecule has 32 heavy (non-hydrogen) atoms. The van der Waals surface area contributed by atoms with Crippen LogP contribution in [0.5, 0.6) is 0 Å². The molecular weight excluding hydrogens is 405 g/mol. The number of nitrogens with one attached hydrogen (secondary N) is 1. The molecule has 0 spiro atoms. The molecule has 0 bridgehead atoms. The third-order valence-electron chi connectivity index (χ3n) is 5.57. The number of hydrazine groups is 1. The lowest BCUT2D eigenvalue weighted by atomic mass is 9.76. The van der Waals surface area contributed by atoms with Gasteiger partial charge in [-0.05, 0) is 55.5 Å². The van der Waals surface area contributed by atoms with Crippen LogP contribution in [0.4, 0.5) is 0 Å². The van der Waals surface area contributed by atoms with Crippen molar-refractivity contribution >= 4 is 30.6 Å². The second kappa shape index (κ2) is 9.16. The maximum atomic E-state index is 13.6. The quantitative estimate of drug-likeness (QED) is 0.571. The molecule has 1 heterocycles. The summed E-state index contributed by atoms with van der Waals surface area (Å²) in [4.78, 5) is 26.8. The van der Waals surface area contributed by atoms with Crippen LogP contribution in [-0.4, -0.2) is 41.2 Å². The molecule has 2 aromatic rings. The second-order valence-electron chi connectivity index (χ2n) is 9.32. The molecule has 0 saturated carbocycles. The zero-order valence-corrected chi connectivity index (χ0v) is 19.5. The van der Waals surface area contributed by atoms with E-state index in [0.717, 1.165) is 11.1 Å². The average molecular weight is 435 g/mol. The number of benzene rings is 2. The molecule has 8 heteroatoms. The van der Waals surface area contributed by atoms with Gasteiger partial charge in [-0.15, -0.1) is 5.16 Å². The van der Waals surface area contributed by atoms with Gasteiger partial charge in [0.25, 0.3) is 11.8 Å². The number of nitrogens with zero attached hydrogens (tertiary/aromatic N) is 2. The summed E-state index contributed by atoms with van der Waals surface area (Å²) in [6.45, 7) is 12.0. The van der Waals surface area contributed by atoms with Crippen molar-refractivity contribution in [1.29, 1.82) is 0 Å². The summed E-state index contributed by atoms with van der Waals surface area (Å²) in [6, 6.07) is 10.3. The smallest absolute Gasteiger partial charge is 0.427 e. The topological polar surface area (TPSA) is 91.2 Å². The fourth-order valence-corrected chi connectivity index (χ4v) is 4.12. The predicted molar refractivity (Wildman–Crippen MR) is 126 cm³/mol. The molecule has 168 valence electrons. The van der Waals surface area contributed by atoms with E-state index in [1.807, 2.05) is 59.7 Å². The Labute approximate surface area is 189 Å². The van der Waals surface area contributed by atoms with Crippen molar-refractivity contribution in [3.8, 4) is 0 Å². The van der Waals surface area contributed by atoms with Gasteiger partial charge in [0.2, 0.25) is 0 Å². The highest BCUT2D eigenvalue weighted by atomic mass is 16.6. The number of oxime groups is 1. The molecule has 7 nitrogen and oxygen atoms in total. The van der Waals surface area contributed by atoms with Crippen molar-refractivity contribution in [3.63, 3.8) is 0 Å². The van der Waals surface area contributed by atoms with Crippen molar-refractivity contribution < 1.29 is 19.4 Å². The van der Waals surface area contributed by atoms with Crippen LogP contribution < -0.4 is 10.9 Å². The first kappa shape index (κ1) is 23.5. The van der Waals surface area contributed by atoms with Gasteiger partial charge in [0.05, 0.1) is 12.3 Å². The highest BCUT2D eigenvalue weighted by Crippen LogP contribution is 2.27. The number of fused-ring (bicyclic) bond motifs is 1. The van der Waals surface area contributed by atoms with Gasteiger partial charge < -0.3 is 9.78 Å². The van der Waals surface area contributed by atoms with Crippen LogP contribution in [-0.2, 0) is 4.76 Å². The van der Waals surface area contributed by atoms with Crippen LogP contribution in [0.25, 0.3) is 0 Å². The number of amides is 2. The van der Waals surface area contributed by atoms with Gasteiger partial charge in [-0.3, -0.25) is 15.0 Å². The molecule has 1 aliphatic heterocycles. The van der Waals surface area contributed by atoms with Crippen molar-refractivity contribution in [2.75, 3.05) is 0 Å². The number of hydrogen-bond donors (Lipinski definition) is 2. The third-order valence-corrected chi connectivity index (χ3v) is 5.57. The van der Waals surface area contributed by atoms with Crippen LogP contribution in [0.2, 0.25) is 0 Å². The van der Waals surface area contributed by atoms with Crippen LogP contribution in [0.15, 0.2) is 41.6 Å². The van der Waals surface area contributed by atoms with Crippen molar-refractivity contribution in [2.45, 2.75) is 54.0 Å². The molecular formula is C24H30BN3O4. The molecule has 0 fully saturated rings. The van der Waals surface area contributed by atoms with E-state index in [0.29, 0.717) is 28.6 Å². The second-order valence-corrected chi connectivity index (χ2v) is 9.32. The fourth-order valence-electron chi connectivity index (χ4n) is 4.12. The maximum absolute atomic E-state index is 13.6. The first-order valence-electron chi connectivity index (χ1n) is 10.7. The zero-order chi connectivity index (χ0) is 23.6. The normalized spacial score (nSPS) is 13.8. The number of aryl methyl sites for hydroxylation is 2. The number of hydrogen-bond acceptors (Lipinski definition) is 5. The van der Waals surface area contributed by atoms with Crippen molar-refractivity contribution in [2.24, 2.45) is 10.6 Å². The Hall–Kier alpha value is -3.13. The first-order chi connectivity index (χ1) is 15.0. The summed E-state index contributed by atoms with van der Waals surface area (Å²) >= 11 is 0. The highest BCUT2D eigenvalue weighted by molar-refractivity contribution is 6.62. The number of rotatable bonds is 4. The Morgan fingerprint density at radius 2 is 1.78 bits per heavy atom. The summed E-state index contributed by atoms with van der Waals surface area (Å²) in [7, 11) is -1.17. The monoisotopic (exact) mass is 435 g/mol. The molecule has 1 aliphatic rings. The summed E-state index contributed by atoms with van der Waals surface area (Å²) in [5.74, 6) is -0.669. The minimum absolute atomic E-state index is 0.228. The average Bonchev–Trinajstić information content (AvgIpc) is 2.71. The van der Waals surface area contributed by atoms with E-state index in [1.165, 1.54) is 11.2 Å². The lowest BCUT2D eigenvalue weighted by Gasteiger charge is -2.39. The van der Waals surface area contributed by atoms with Crippen LogP contribution in [0.1, 0.15) is 71.5 Å². The van der Waals surface area contributed by atoms with Gasteiger partial charge in [-0.2, -0.15) is 0 Å². The largest absolute Gasteiger partial charge is 0.583 e. The summed E-state index contributed by atoms with van der Waals surface area (Å²) in [5, 5.41) is 15.0. The van der Waals surface area contributed by atoms with Gasteiger partial charge >= 0.3 is 7.12 Å². The van der Waals surface area contributed by atoms with E-state index in [-0.39, 0.29) is 17.4 Å². The summed E-state index contributed by atoms with van der Waals surface area (Å²) < 4.78 is 4.82. The third kappa shape index (κ3) is 5.02. The molecule has 0 saturated heterocycles. The molecule has 0 aromatic heterocycles. The Kier molecular flexibility index (Phi) is 6.74. The van der Waals surface area contributed by atoms with Gasteiger partial charge in [-0.25, -0.2) is 5.01 Å². The van der Waals surface area contributed by atoms with Gasteiger partial charge in [0.1, 0.15) is 0 Å². The Balaban J connectivity index is 1.96. The van der Waals surface area contributed by atoms with E-state index in [9.17, 15) is 14.6 Å². The van der Waals surface area contributed by atoms with Crippen molar-refractivity contribution in [1.82, 2.24) is 10.4 Å². The molecule has 2 amide bonds. The van der Waals surface area contributed by atoms with Gasteiger partial charge in [-0.1, -0.05) is 51.0 Å². The fraction of sp³-hybridized carbons (Fsp3) is 0.375. The van der Waals surface area contributed by atoms with E-state index >= 15 is 0 Å². The minimum Gasteiger partial charge on any atom is -0.427 e. The van der Waals surface area contributed by atoms with Crippen molar-refractivity contribution in [3.05, 3.63) is 64.2 Å². The minimum atomic E-state index is -1.17. The number of carbonyl (C=O) groups excluding carboxylic acids is 2. The molecule has 3 rings (SSSR count). The Morgan fingerprint density at radius 3 is 2.38 bits per heavy atom. The predicted octanol–water partition coefficient (Wildman–Crippen LogP) is 2.97.